The lowest BCUT2D eigenvalue weighted by molar-refractivity contribution is -0.115. The Bertz CT molecular complexity index is 706. The van der Waals surface area contributed by atoms with Crippen LogP contribution in [0, 0.1) is 0 Å². The molecule has 3 rings (SSSR count). The molecule has 3 aromatic rings. The van der Waals surface area contributed by atoms with E-state index in [1.807, 2.05) is 29.8 Å². The van der Waals surface area contributed by atoms with Gasteiger partial charge in [-0.15, -0.1) is 11.3 Å². The van der Waals surface area contributed by atoms with Crippen LogP contribution in [0.15, 0.2) is 36.0 Å². The summed E-state index contributed by atoms with van der Waals surface area (Å²) in [4.78, 5) is 23.1. The number of amides is 1. The smallest absolute Gasteiger partial charge is 0.227 e. The van der Waals surface area contributed by atoms with Crippen molar-refractivity contribution >= 4 is 39.2 Å². The third-order valence-corrected chi connectivity index (χ3v) is 3.43. The molecule has 20 heavy (non-hydrogen) atoms. The highest BCUT2D eigenvalue weighted by molar-refractivity contribution is 7.13. The molecular weight excluding hydrogens is 274 g/mol. The monoisotopic (exact) mass is 287 g/mol. The largest absolute Gasteiger partial charge is 0.369 e. The Balaban J connectivity index is 1.50. The number of thiazole rings is 1. The lowest BCUT2D eigenvalue weighted by Crippen LogP contribution is -2.16. The molecule has 0 atom stereocenters. The van der Waals surface area contributed by atoms with Crippen LogP contribution in [0.1, 0.15) is 6.42 Å². The minimum atomic E-state index is -0.0617. The summed E-state index contributed by atoms with van der Waals surface area (Å²) in [6.45, 7) is 0.524. The lowest BCUT2D eigenvalue weighted by atomic mass is 10.3. The quantitative estimate of drug-likeness (QED) is 0.673. The molecule has 3 aromatic heterocycles. The van der Waals surface area contributed by atoms with E-state index < -0.39 is 0 Å². The van der Waals surface area contributed by atoms with Crippen molar-refractivity contribution in [1.29, 1.82) is 0 Å². The van der Waals surface area contributed by atoms with Gasteiger partial charge in [-0.25, -0.2) is 9.97 Å². The first-order valence-electron chi connectivity index (χ1n) is 6.18. The van der Waals surface area contributed by atoms with E-state index in [0.29, 0.717) is 18.1 Å². The number of nitrogens with one attached hydrogen (secondary N) is 3. The van der Waals surface area contributed by atoms with Gasteiger partial charge in [0.2, 0.25) is 5.91 Å². The molecule has 7 heteroatoms. The van der Waals surface area contributed by atoms with Crippen LogP contribution >= 0.6 is 11.3 Å². The summed E-state index contributed by atoms with van der Waals surface area (Å²) in [5.41, 5.74) is 0.835. The number of hydrogen-bond acceptors (Lipinski definition) is 5. The summed E-state index contributed by atoms with van der Waals surface area (Å²) in [6.07, 6.45) is 3.88. The molecule has 6 nitrogen and oxygen atoms in total. The van der Waals surface area contributed by atoms with E-state index in [9.17, 15) is 4.79 Å². The van der Waals surface area contributed by atoms with Crippen LogP contribution in [0.2, 0.25) is 0 Å². The van der Waals surface area contributed by atoms with Gasteiger partial charge in [0.1, 0.15) is 11.5 Å². The second kappa shape index (κ2) is 5.70. The van der Waals surface area contributed by atoms with Crippen molar-refractivity contribution in [2.24, 2.45) is 0 Å². The van der Waals surface area contributed by atoms with Gasteiger partial charge in [0.15, 0.2) is 5.13 Å². The molecule has 0 fully saturated rings. The third kappa shape index (κ3) is 2.94. The van der Waals surface area contributed by atoms with Crippen LogP contribution in [0.5, 0.6) is 0 Å². The summed E-state index contributed by atoms with van der Waals surface area (Å²) in [6, 6.07) is 5.85. The van der Waals surface area contributed by atoms with Crippen molar-refractivity contribution < 1.29 is 4.79 Å². The number of anilines is 2. The highest BCUT2D eigenvalue weighted by atomic mass is 32.1. The number of aromatic amines is 1. The Morgan fingerprint density at radius 1 is 1.35 bits per heavy atom. The van der Waals surface area contributed by atoms with Crippen molar-refractivity contribution in [3.8, 4) is 0 Å². The van der Waals surface area contributed by atoms with E-state index in [1.54, 1.807) is 6.20 Å². The highest BCUT2D eigenvalue weighted by Crippen LogP contribution is 2.13. The number of carbonyl (C=O) groups is 1. The van der Waals surface area contributed by atoms with Crippen LogP contribution in [0.3, 0.4) is 0 Å². The Labute approximate surface area is 119 Å². The predicted molar refractivity (Wildman–Crippen MR) is 79.9 cm³/mol. The molecule has 3 heterocycles. The van der Waals surface area contributed by atoms with Crippen molar-refractivity contribution in [2.45, 2.75) is 6.42 Å². The molecule has 0 radical (unpaired) electrons. The third-order valence-electron chi connectivity index (χ3n) is 2.75. The highest BCUT2D eigenvalue weighted by Gasteiger charge is 2.04. The second-order valence-corrected chi connectivity index (χ2v) is 5.07. The molecule has 0 bridgehead atoms. The van der Waals surface area contributed by atoms with E-state index in [1.165, 1.54) is 11.3 Å². The molecule has 102 valence electrons. The molecule has 3 N–H and O–H groups in total. The van der Waals surface area contributed by atoms with Crippen LogP contribution in [0.25, 0.3) is 11.0 Å². The van der Waals surface area contributed by atoms with Gasteiger partial charge in [0.25, 0.3) is 0 Å². The summed E-state index contributed by atoms with van der Waals surface area (Å²) in [5, 5.41) is 9.38. The maximum Gasteiger partial charge on any atom is 0.227 e. The van der Waals surface area contributed by atoms with Crippen LogP contribution in [-0.2, 0) is 4.79 Å². The van der Waals surface area contributed by atoms with Crippen molar-refractivity contribution in [1.82, 2.24) is 15.0 Å². The standard InChI is InChI=1S/C13H13N5OS/c19-11(18-13-16-7-8-20-13)4-6-14-10-2-1-9-3-5-15-12(9)17-10/h1-3,5,7-8H,4,6H2,(H2,14,15,17)(H,16,18,19). The van der Waals surface area contributed by atoms with Gasteiger partial charge in [-0.05, 0) is 18.2 Å². The summed E-state index contributed by atoms with van der Waals surface area (Å²) >= 11 is 1.40. The number of rotatable bonds is 5. The molecule has 1 amide bonds. The number of nitrogens with zero attached hydrogens (tertiary/aromatic N) is 2. The first-order valence-corrected chi connectivity index (χ1v) is 7.06. The first kappa shape index (κ1) is 12.6. The molecule has 0 aliphatic heterocycles. The molecule has 0 unspecified atom stereocenters. The minimum absolute atomic E-state index is 0.0617. The van der Waals surface area contributed by atoms with Crippen LogP contribution in [-0.4, -0.2) is 27.4 Å². The number of hydrogen-bond donors (Lipinski definition) is 3. The summed E-state index contributed by atoms with van der Waals surface area (Å²) in [7, 11) is 0. The van der Waals surface area contributed by atoms with Gasteiger partial charge < -0.3 is 15.6 Å². The fourth-order valence-electron chi connectivity index (χ4n) is 1.80. The van der Waals surface area contributed by atoms with E-state index in [4.69, 9.17) is 0 Å². The van der Waals surface area contributed by atoms with Crippen molar-refractivity contribution in [2.75, 3.05) is 17.2 Å². The minimum Gasteiger partial charge on any atom is -0.369 e. The molecule has 0 saturated heterocycles. The van der Waals surface area contributed by atoms with Gasteiger partial charge in [-0.1, -0.05) is 0 Å². The fourth-order valence-corrected chi connectivity index (χ4v) is 2.34. The summed E-state index contributed by atoms with van der Waals surface area (Å²) in [5.74, 6) is 0.690. The van der Waals surface area contributed by atoms with Crippen molar-refractivity contribution in [3.63, 3.8) is 0 Å². The number of carbonyl (C=O) groups excluding carboxylic acids is 1. The maximum atomic E-state index is 11.7. The average molecular weight is 287 g/mol. The Kier molecular flexibility index (Phi) is 3.60. The Hall–Kier alpha value is -2.41. The number of fused-ring (bicyclic) bond motifs is 1. The van der Waals surface area contributed by atoms with Crippen LogP contribution in [0.4, 0.5) is 10.9 Å². The van der Waals surface area contributed by atoms with E-state index >= 15 is 0 Å². The number of aromatic nitrogens is 3. The normalized spacial score (nSPS) is 10.6. The number of pyridine rings is 1. The molecule has 0 aliphatic carbocycles. The Morgan fingerprint density at radius 3 is 3.15 bits per heavy atom. The Morgan fingerprint density at radius 2 is 2.30 bits per heavy atom. The van der Waals surface area contributed by atoms with Gasteiger partial charge in [-0.3, -0.25) is 4.79 Å². The van der Waals surface area contributed by atoms with Crippen molar-refractivity contribution in [3.05, 3.63) is 36.0 Å². The molecule has 0 aliphatic rings. The zero-order valence-corrected chi connectivity index (χ0v) is 11.4. The van der Waals surface area contributed by atoms with E-state index in [-0.39, 0.29) is 5.91 Å². The zero-order valence-electron chi connectivity index (χ0n) is 10.6. The molecular formula is C13H13N5OS. The van der Waals surface area contributed by atoms with E-state index in [2.05, 4.69) is 25.6 Å². The predicted octanol–water partition coefficient (Wildman–Crippen LogP) is 2.46. The van der Waals surface area contributed by atoms with E-state index in [0.717, 1.165) is 16.9 Å². The van der Waals surface area contributed by atoms with Crippen LogP contribution < -0.4 is 10.6 Å². The van der Waals surface area contributed by atoms with Gasteiger partial charge >= 0.3 is 0 Å². The topological polar surface area (TPSA) is 82.7 Å². The van der Waals surface area contributed by atoms with Gasteiger partial charge in [0, 0.05) is 36.1 Å². The fraction of sp³-hybridized carbons (Fsp3) is 0.154. The van der Waals surface area contributed by atoms with Gasteiger partial charge in [-0.2, -0.15) is 0 Å². The first-order chi connectivity index (χ1) is 9.81. The summed E-state index contributed by atoms with van der Waals surface area (Å²) < 4.78 is 0. The van der Waals surface area contributed by atoms with Gasteiger partial charge in [0.05, 0.1) is 0 Å². The SMILES string of the molecule is O=C(CCNc1ccc2cc[nH]c2n1)Nc1nccs1. The number of H-pyrrole nitrogens is 1. The molecule has 0 saturated carbocycles. The average Bonchev–Trinajstić information content (AvgIpc) is 3.09. The lowest BCUT2D eigenvalue weighted by Gasteiger charge is -2.05. The second-order valence-electron chi connectivity index (χ2n) is 4.17. The maximum absolute atomic E-state index is 11.7. The molecule has 0 aromatic carbocycles. The molecule has 0 spiro atoms. The zero-order chi connectivity index (χ0) is 13.8.